The molecule has 0 aromatic rings. The van der Waals surface area contributed by atoms with Gasteiger partial charge < -0.3 is 25.8 Å². The van der Waals surface area contributed by atoms with Crippen LogP contribution in [0.2, 0.25) is 0 Å². The van der Waals surface area contributed by atoms with Gasteiger partial charge in [-0.3, -0.25) is 0 Å². The van der Waals surface area contributed by atoms with Crippen LogP contribution in [0.1, 0.15) is 13.8 Å². The molecule has 5 atom stereocenters. The summed E-state index contributed by atoms with van der Waals surface area (Å²) >= 11 is 0. The van der Waals surface area contributed by atoms with Gasteiger partial charge in [-0.05, 0) is 5.92 Å². The molecule has 1 fully saturated rings. The first-order valence-electron chi connectivity index (χ1n) is 4.87. The highest BCUT2D eigenvalue weighted by molar-refractivity contribution is 4.95. The van der Waals surface area contributed by atoms with E-state index in [0.29, 0.717) is 0 Å². The van der Waals surface area contributed by atoms with Crippen LogP contribution < -0.4 is 5.73 Å². The molecule has 5 nitrogen and oxygen atoms in total. The molecule has 0 aliphatic carbocycles. The summed E-state index contributed by atoms with van der Waals surface area (Å²) in [5.74, 6) is 0.140. The van der Waals surface area contributed by atoms with Gasteiger partial charge in [0.1, 0.15) is 18.3 Å². The molecule has 14 heavy (non-hydrogen) atoms. The minimum atomic E-state index is -1.11. The first-order valence-corrected chi connectivity index (χ1v) is 4.87. The zero-order valence-electron chi connectivity index (χ0n) is 8.50. The number of rotatable bonds is 2. The highest BCUT2D eigenvalue weighted by atomic mass is 16.5. The van der Waals surface area contributed by atoms with Gasteiger partial charge in [0, 0.05) is 0 Å². The Bertz CT molecular complexity index is 186. The predicted octanol–water partition coefficient (Wildman–Crippen LogP) is -1.55. The molecule has 0 aromatic heterocycles. The van der Waals surface area contributed by atoms with Crippen LogP contribution in [0.4, 0.5) is 0 Å². The van der Waals surface area contributed by atoms with Crippen LogP contribution >= 0.6 is 0 Å². The SMILES string of the molecule is CC(C)[C@@H]1OC(CO)[C@@H](O)[C@H](O)C1N. The Kier molecular flexibility index (Phi) is 3.86. The predicted molar refractivity (Wildman–Crippen MR) is 50.6 cm³/mol. The molecule has 0 aromatic carbocycles. The Morgan fingerprint density at radius 3 is 2.29 bits per heavy atom. The minimum absolute atomic E-state index is 0.140. The summed E-state index contributed by atoms with van der Waals surface area (Å²) < 4.78 is 5.41. The van der Waals surface area contributed by atoms with Crippen LogP contribution in [0.15, 0.2) is 0 Å². The number of ether oxygens (including phenoxy) is 1. The first kappa shape index (κ1) is 11.9. The Hall–Kier alpha value is -0.200. The number of aliphatic hydroxyl groups is 3. The fourth-order valence-corrected chi connectivity index (χ4v) is 1.77. The third kappa shape index (κ3) is 2.07. The largest absolute Gasteiger partial charge is 0.394 e. The van der Waals surface area contributed by atoms with Gasteiger partial charge in [0.25, 0.3) is 0 Å². The summed E-state index contributed by atoms with van der Waals surface area (Å²) in [6.07, 6.45) is -3.21. The minimum Gasteiger partial charge on any atom is -0.394 e. The highest BCUT2D eigenvalue weighted by Gasteiger charge is 2.43. The third-order valence-corrected chi connectivity index (χ3v) is 2.67. The Morgan fingerprint density at radius 2 is 1.86 bits per heavy atom. The van der Waals surface area contributed by atoms with E-state index in [1.807, 2.05) is 13.8 Å². The summed E-state index contributed by atoms with van der Waals surface area (Å²) in [6, 6.07) is -0.604. The zero-order chi connectivity index (χ0) is 10.9. The van der Waals surface area contributed by atoms with Gasteiger partial charge in [-0.25, -0.2) is 0 Å². The fraction of sp³-hybridized carbons (Fsp3) is 1.00. The highest BCUT2D eigenvalue weighted by Crippen LogP contribution is 2.24. The van der Waals surface area contributed by atoms with Crippen molar-refractivity contribution in [1.29, 1.82) is 0 Å². The van der Waals surface area contributed by atoms with E-state index in [0.717, 1.165) is 0 Å². The van der Waals surface area contributed by atoms with Gasteiger partial charge in [0.2, 0.25) is 0 Å². The standard InChI is InChI=1S/C9H19NO4/c1-4(2)9-6(10)8(13)7(12)5(3-11)14-9/h4-9,11-13H,3,10H2,1-2H3/t5?,6?,7-,8-,9+/m1/s1. The van der Waals surface area contributed by atoms with Crippen molar-refractivity contribution in [3.63, 3.8) is 0 Å². The van der Waals surface area contributed by atoms with Crippen molar-refractivity contribution >= 4 is 0 Å². The molecule has 1 aliphatic heterocycles. The van der Waals surface area contributed by atoms with Crippen molar-refractivity contribution in [2.45, 2.75) is 44.3 Å². The van der Waals surface area contributed by atoms with Crippen molar-refractivity contribution in [2.75, 3.05) is 6.61 Å². The maximum atomic E-state index is 9.60. The lowest BCUT2D eigenvalue weighted by molar-refractivity contribution is -0.198. The van der Waals surface area contributed by atoms with Gasteiger partial charge in [0.15, 0.2) is 0 Å². The van der Waals surface area contributed by atoms with E-state index in [-0.39, 0.29) is 18.6 Å². The van der Waals surface area contributed by atoms with Gasteiger partial charge in [-0.1, -0.05) is 13.8 Å². The van der Waals surface area contributed by atoms with E-state index in [1.54, 1.807) is 0 Å². The van der Waals surface area contributed by atoms with E-state index in [2.05, 4.69) is 0 Å². The average molecular weight is 205 g/mol. The van der Waals surface area contributed by atoms with Crippen molar-refractivity contribution in [2.24, 2.45) is 11.7 Å². The van der Waals surface area contributed by atoms with Crippen molar-refractivity contribution in [3.05, 3.63) is 0 Å². The van der Waals surface area contributed by atoms with E-state index < -0.39 is 24.4 Å². The van der Waals surface area contributed by atoms with Gasteiger partial charge in [-0.2, -0.15) is 0 Å². The van der Waals surface area contributed by atoms with E-state index >= 15 is 0 Å². The summed E-state index contributed by atoms with van der Waals surface area (Å²) in [6.45, 7) is 3.53. The van der Waals surface area contributed by atoms with Crippen molar-refractivity contribution < 1.29 is 20.1 Å². The van der Waals surface area contributed by atoms with Crippen LogP contribution in [0.25, 0.3) is 0 Å². The van der Waals surface area contributed by atoms with E-state index in [9.17, 15) is 10.2 Å². The van der Waals surface area contributed by atoms with Crippen LogP contribution in [0.5, 0.6) is 0 Å². The maximum absolute atomic E-state index is 9.60. The number of hydrogen-bond donors (Lipinski definition) is 4. The molecule has 0 saturated carbocycles. The molecule has 2 unspecified atom stereocenters. The Labute approximate surface area is 83.5 Å². The smallest absolute Gasteiger partial charge is 0.110 e. The molecule has 1 heterocycles. The molecule has 1 aliphatic rings. The second kappa shape index (κ2) is 4.55. The summed E-state index contributed by atoms with van der Waals surface area (Å²) in [5, 5.41) is 28.0. The molecular formula is C9H19NO4. The van der Waals surface area contributed by atoms with E-state index in [1.165, 1.54) is 0 Å². The van der Waals surface area contributed by atoms with Crippen LogP contribution in [0.3, 0.4) is 0 Å². The topological polar surface area (TPSA) is 95.9 Å². The lowest BCUT2D eigenvalue weighted by Gasteiger charge is -2.42. The van der Waals surface area contributed by atoms with Crippen molar-refractivity contribution in [1.82, 2.24) is 0 Å². The Morgan fingerprint density at radius 1 is 1.29 bits per heavy atom. The van der Waals surface area contributed by atoms with Gasteiger partial charge >= 0.3 is 0 Å². The number of nitrogens with two attached hydrogens (primary N) is 1. The normalized spacial score (nSPS) is 44.4. The number of hydrogen-bond acceptors (Lipinski definition) is 5. The summed E-state index contributed by atoms with van der Waals surface area (Å²) in [4.78, 5) is 0. The molecule has 0 spiro atoms. The monoisotopic (exact) mass is 205 g/mol. The number of aliphatic hydroxyl groups excluding tert-OH is 3. The maximum Gasteiger partial charge on any atom is 0.110 e. The average Bonchev–Trinajstić information content (AvgIpc) is 2.14. The quantitative estimate of drug-likeness (QED) is 0.438. The van der Waals surface area contributed by atoms with Crippen molar-refractivity contribution in [3.8, 4) is 0 Å². The molecule has 0 radical (unpaired) electrons. The second-order valence-electron chi connectivity index (χ2n) is 4.12. The molecular weight excluding hydrogens is 186 g/mol. The fourth-order valence-electron chi connectivity index (χ4n) is 1.77. The lowest BCUT2D eigenvalue weighted by Crippen LogP contribution is -2.63. The molecule has 1 saturated heterocycles. The van der Waals surface area contributed by atoms with Gasteiger partial charge in [-0.15, -0.1) is 0 Å². The molecule has 84 valence electrons. The Balaban J connectivity index is 2.73. The zero-order valence-corrected chi connectivity index (χ0v) is 8.50. The second-order valence-corrected chi connectivity index (χ2v) is 4.12. The lowest BCUT2D eigenvalue weighted by atomic mass is 9.88. The molecule has 1 rings (SSSR count). The van der Waals surface area contributed by atoms with Gasteiger partial charge in [0.05, 0.1) is 18.8 Å². The molecule has 5 heteroatoms. The first-order chi connectivity index (χ1) is 6.49. The van der Waals surface area contributed by atoms with E-state index in [4.69, 9.17) is 15.6 Å². The van der Waals surface area contributed by atoms with Crippen LogP contribution in [-0.2, 0) is 4.74 Å². The molecule has 0 bridgehead atoms. The summed E-state index contributed by atoms with van der Waals surface area (Å²) in [7, 11) is 0. The third-order valence-electron chi connectivity index (χ3n) is 2.67. The molecule has 5 N–H and O–H groups in total. The van der Waals surface area contributed by atoms with Crippen LogP contribution in [-0.4, -0.2) is 52.4 Å². The summed E-state index contributed by atoms with van der Waals surface area (Å²) in [5.41, 5.74) is 5.71. The molecule has 0 amide bonds. The van der Waals surface area contributed by atoms with Crippen LogP contribution in [0, 0.1) is 5.92 Å².